The van der Waals surface area contributed by atoms with E-state index in [9.17, 15) is 0 Å². The van der Waals surface area contributed by atoms with E-state index in [1.54, 1.807) is 0 Å². The lowest BCUT2D eigenvalue weighted by atomic mass is 10.1. The van der Waals surface area contributed by atoms with Crippen LogP contribution in [-0.4, -0.2) is 35.8 Å². The fourth-order valence-corrected chi connectivity index (χ4v) is 3.53. The molecule has 3 heteroatoms. The largest absolute Gasteiger partial charge is 0.371 e. The topological polar surface area (TPSA) is 21.3 Å². The van der Waals surface area contributed by atoms with Gasteiger partial charge in [0.1, 0.15) is 0 Å². The van der Waals surface area contributed by atoms with Crippen LogP contribution in [0.5, 0.6) is 0 Å². The van der Waals surface area contributed by atoms with Gasteiger partial charge in [-0.15, -0.1) is 0 Å². The summed E-state index contributed by atoms with van der Waals surface area (Å²) in [5.41, 5.74) is 0.119. The Hall–Kier alpha value is 0.270. The molecule has 1 N–H and O–H groups in total. The number of rotatable bonds is 3. The first kappa shape index (κ1) is 11.7. The summed E-state index contributed by atoms with van der Waals surface area (Å²) in [7, 11) is 0. The lowest BCUT2D eigenvalue weighted by Crippen LogP contribution is -2.39. The van der Waals surface area contributed by atoms with Crippen molar-refractivity contribution in [3.05, 3.63) is 0 Å². The van der Waals surface area contributed by atoms with E-state index in [1.807, 2.05) is 0 Å². The molecule has 2 saturated heterocycles. The van der Waals surface area contributed by atoms with E-state index in [1.165, 1.54) is 37.2 Å². The van der Waals surface area contributed by atoms with Crippen LogP contribution < -0.4 is 5.32 Å². The van der Waals surface area contributed by atoms with Crippen LogP contribution in [-0.2, 0) is 4.74 Å². The molecular formula is C12H23NOS. The Kier molecular flexibility index (Phi) is 3.97. The van der Waals surface area contributed by atoms with Crippen LogP contribution in [0.2, 0.25) is 0 Å². The third-order valence-corrected chi connectivity index (χ3v) is 4.56. The van der Waals surface area contributed by atoms with E-state index in [0.717, 1.165) is 12.6 Å². The van der Waals surface area contributed by atoms with E-state index in [0.29, 0.717) is 6.10 Å². The zero-order valence-corrected chi connectivity index (χ0v) is 10.7. The summed E-state index contributed by atoms with van der Waals surface area (Å²) in [4.78, 5) is 0. The van der Waals surface area contributed by atoms with Gasteiger partial charge in [0, 0.05) is 18.3 Å². The average Bonchev–Trinajstić information content (AvgIpc) is 2.57. The Labute approximate surface area is 97.5 Å². The summed E-state index contributed by atoms with van der Waals surface area (Å²) in [5.74, 6) is 2.64. The first-order chi connectivity index (χ1) is 7.16. The maximum absolute atomic E-state index is 5.97. The van der Waals surface area contributed by atoms with Crippen molar-refractivity contribution in [2.45, 2.75) is 57.3 Å². The first-order valence-electron chi connectivity index (χ1n) is 6.15. The van der Waals surface area contributed by atoms with Crippen LogP contribution in [0.25, 0.3) is 0 Å². The highest BCUT2D eigenvalue weighted by Crippen LogP contribution is 2.29. The van der Waals surface area contributed by atoms with Gasteiger partial charge in [-0.25, -0.2) is 0 Å². The predicted molar refractivity (Wildman–Crippen MR) is 66.5 cm³/mol. The average molecular weight is 229 g/mol. The number of hydrogen-bond acceptors (Lipinski definition) is 3. The van der Waals surface area contributed by atoms with Crippen molar-refractivity contribution in [1.82, 2.24) is 5.32 Å². The van der Waals surface area contributed by atoms with Crippen molar-refractivity contribution in [3.63, 3.8) is 0 Å². The van der Waals surface area contributed by atoms with Gasteiger partial charge in [-0.3, -0.25) is 0 Å². The summed E-state index contributed by atoms with van der Waals surface area (Å²) in [5, 5.41) is 3.66. The van der Waals surface area contributed by atoms with Crippen LogP contribution in [0.3, 0.4) is 0 Å². The van der Waals surface area contributed by atoms with E-state index >= 15 is 0 Å². The quantitative estimate of drug-likeness (QED) is 0.803. The molecule has 2 nitrogen and oxygen atoms in total. The smallest absolute Gasteiger partial charge is 0.0707 e. The monoisotopic (exact) mass is 229 g/mol. The molecule has 2 unspecified atom stereocenters. The van der Waals surface area contributed by atoms with Crippen LogP contribution in [0.15, 0.2) is 0 Å². The van der Waals surface area contributed by atoms with Crippen LogP contribution in [0.1, 0.15) is 39.5 Å². The van der Waals surface area contributed by atoms with Gasteiger partial charge in [0.2, 0.25) is 0 Å². The summed E-state index contributed by atoms with van der Waals surface area (Å²) in [6.45, 7) is 5.45. The second-order valence-corrected chi connectivity index (χ2v) is 6.51. The SMILES string of the molecule is CC1(C)CCC(CNC2CCCSC2)O1. The van der Waals surface area contributed by atoms with Crippen LogP contribution in [0.4, 0.5) is 0 Å². The maximum atomic E-state index is 5.97. The molecule has 0 aliphatic carbocycles. The van der Waals surface area contributed by atoms with Gasteiger partial charge in [0.15, 0.2) is 0 Å². The van der Waals surface area contributed by atoms with Crippen molar-refractivity contribution in [1.29, 1.82) is 0 Å². The number of ether oxygens (including phenoxy) is 1. The van der Waals surface area contributed by atoms with E-state index in [2.05, 4.69) is 30.9 Å². The molecule has 0 aromatic carbocycles. The second kappa shape index (κ2) is 5.07. The third kappa shape index (κ3) is 3.65. The molecule has 2 rings (SSSR count). The van der Waals surface area contributed by atoms with Crippen molar-refractivity contribution in [2.75, 3.05) is 18.1 Å². The Morgan fingerprint density at radius 3 is 2.87 bits per heavy atom. The van der Waals surface area contributed by atoms with Crippen molar-refractivity contribution < 1.29 is 4.74 Å². The van der Waals surface area contributed by atoms with E-state index < -0.39 is 0 Å². The molecule has 2 atom stereocenters. The predicted octanol–water partition coefficient (Wildman–Crippen LogP) is 2.43. The molecule has 0 aromatic rings. The van der Waals surface area contributed by atoms with Gasteiger partial charge in [-0.1, -0.05) is 0 Å². The standard InChI is InChI=1S/C12H23NOS/c1-12(2)6-5-11(14-12)8-13-10-4-3-7-15-9-10/h10-11,13H,3-9H2,1-2H3. The van der Waals surface area contributed by atoms with Crippen LogP contribution >= 0.6 is 11.8 Å². The van der Waals surface area contributed by atoms with Crippen LogP contribution in [0, 0.1) is 0 Å². The zero-order chi connectivity index (χ0) is 10.7. The lowest BCUT2D eigenvalue weighted by molar-refractivity contribution is -0.0150. The molecule has 2 fully saturated rings. The highest BCUT2D eigenvalue weighted by molar-refractivity contribution is 7.99. The molecule has 0 radical (unpaired) electrons. The Bertz CT molecular complexity index is 202. The summed E-state index contributed by atoms with van der Waals surface area (Å²) in [6, 6.07) is 0.732. The van der Waals surface area contributed by atoms with Crippen molar-refractivity contribution >= 4 is 11.8 Å². The molecule has 0 spiro atoms. The van der Waals surface area contributed by atoms with Gasteiger partial charge in [-0.2, -0.15) is 11.8 Å². The van der Waals surface area contributed by atoms with Gasteiger partial charge in [0.05, 0.1) is 11.7 Å². The Balaban J connectivity index is 1.65. The molecule has 15 heavy (non-hydrogen) atoms. The minimum atomic E-state index is 0.119. The fourth-order valence-electron chi connectivity index (χ4n) is 2.42. The summed E-state index contributed by atoms with van der Waals surface area (Å²) in [6.07, 6.45) is 5.60. The molecule has 2 aliphatic rings. The molecule has 2 aliphatic heterocycles. The molecule has 0 aromatic heterocycles. The lowest BCUT2D eigenvalue weighted by Gasteiger charge is -2.25. The van der Waals surface area contributed by atoms with Crippen molar-refractivity contribution in [2.24, 2.45) is 0 Å². The molecule has 0 amide bonds. The number of nitrogens with one attached hydrogen (secondary N) is 1. The summed E-state index contributed by atoms with van der Waals surface area (Å²) >= 11 is 2.08. The molecule has 0 bridgehead atoms. The normalized spacial score (nSPS) is 35.6. The fraction of sp³-hybridized carbons (Fsp3) is 1.00. The van der Waals surface area contributed by atoms with Crippen molar-refractivity contribution in [3.8, 4) is 0 Å². The second-order valence-electron chi connectivity index (χ2n) is 5.36. The third-order valence-electron chi connectivity index (χ3n) is 3.35. The van der Waals surface area contributed by atoms with Gasteiger partial charge in [-0.05, 0) is 45.3 Å². The number of thioether (sulfide) groups is 1. The minimum absolute atomic E-state index is 0.119. The summed E-state index contributed by atoms with van der Waals surface area (Å²) < 4.78 is 5.97. The molecule has 2 heterocycles. The minimum Gasteiger partial charge on any atom is -0.371 e. The zero-order valence-electron chi connectivity index (χ0n) is 9.92. The highest BCUT2D eigenvalue weighted by atomic mass is 32.2. The molecule has 88 valence electrons. The first-order valence-corrected chi connectivity index (χ1v) is 7.30. The van der Waals surface area contributed by atoms with E-state index in [4.69, 9.17) is 4.74 Å². The van der Waals surface area contributed by atoms with Gasteiger partial charge in [0.25, 0.3) is 0 Å². The Morgan fingerprint density at radius 2 is 2.27 bits per heavy atom. The van der Waals surface area contributed by atoms with Gasteiger partial charge >= 0.3 is 0 Å². The maximum Gasteiger partial charge on any atom is 0.0707 e. The molecular weight excluding hydrogens is 206 g/mol. The Morgan fingerprint density at radius 1 is 1.40 bits per heavy atom. The number of hydrogen-bond donors (Lipinski definition) is 1. The van der Waals surface area contributed by atoms with E-state index in [-0.39, 0.29) is 5.60 Å². The highest BCUT2D eigenvalue weighted by Gasteiger charge is 2.31. The molecule has 0 saturated carbocycles. The van der Waals surface area contributed by atoms with Gasteiger partial charge < -0.3 is 10.1 Å².